The Balaban J connectivity index is 2.06. The Morgan fingerprint density at radius 3 is 2.30 bits per heavy atom. The summed E-state index contributed by atoms with van der Waals surface area (Å²) in [6, 6.07) is 0. The number of fused-ring (bicyclic) bond motifs is 3. The summed E-state index contributed by atoms with van der Waals surface area (Å²) in [4.78, 5) is 0. The Hall–Kier alpha value is -0.380. The highest BCUT2D eigenvalue weighted by atomic mass is 16.3. The average Bonchev–Trinajstić information content (AvgIpc) is 2.41. The lowest BCUT2D eigenvalue weighted by Crippen LogP contribution is -2.69. The minimum absolute atomic E-state index is 0.147. The number of allylic oxidation sites excluding steroid dienone is 1. The van der Waals surface area contributed by atoms with Crippen LogP contribution in [0.4, 0.5) is 0 Å². The molecule has 0 unspecified atom stereocenters. The molecule has 0 amide bonds. The van der Waals surface area contributed by atoms with E-state index >= 15 is 0 Å². The van der Waals surface area contributed by atoms with Crippen molar-refractivity contribution in [3.05, 3.63) is 12.7 Å². The molecule has 132 valence electrons. The minimum atomic E-state index is -0.903. The first-order chi connectivity index (χ1) is 10.5. The van der Waals surface area contributed by atoms with Crippen molar-refractivity contribution in [1.29, 1.82) is 0 Å². The number of aliphatic hydroxyl groups is 3. The molecule has 0 saturated heterocycles. The Morgan fingerprint density at radius 2 is 1.70 bits per heavy atom. The van der Waals surface area contributed by atoms with Crippen LogP contribution in [0.1, 0.15) is 66.2 Å². The molecule has 3 N–H and O–H groups in total. The fourth-order valence-electron chi connectivity index (χ4n) is 6.82. The smallest absolute Gasteiger partial charge is 0.0715 e. The molecule has 3 fully saturated rings. The molecule has 3 heteroatoms. The second-order valence-electron chi connectivity index (χ2n) is 9.89. The molecule has 3 aliphatic rings. The Bertz CT molecular complexity index is 501. The zero-order chi connectivity index (χ0) is 17.3. The van der Waals surface area contributed by atoms with Crippen LogP contribution in [0, 0.1) is 28.1 Å². The molecule has 3 saturated carbocycles. The van der Waals surface area contributed by atoms with Crippen LogP contribution in [0.5, 0.6) is 0 Å². The van der Waals surface area contributed by atoms with Gasteiger partial charge in [-0.05, 0) is 55.3 Å². The van der Waals surface area contributed by atoms with Gasteiger partial charge >= 0.3 is 0 Å². The molecule has 0 heterocycles. The van der Waals surface area contributed by atoms with Crippen molar-refractivity contribution < 1.29 is 15.3 Å². The average molecular weight is 322 g/mol. The molecule has 3 rings (SSSR count). The Labute approximate surface area is 140 Å². The summed E-state index contributed by atoms with van der Waals surface area (Å²) in [6.07, 6.45) is 5.54. The van der Waals surface area contributed by atoms with Crippen LogP contribution >= 0.6 is 0 Å². The lowest BCUT2D eigenvalue weighted by molar-refractivity contribution is -0.264. The van der Waals surface area contributed by atoms with Crippen LogP contribution in [0.2, 0.25) is 0 Å². The third kappa shape index (κ3) is 2.34. The minimum Gasteiger partial charge on any atom is -0.393 e. The number of hydrogen-bond acceptors (Lipinski definition) is 3. The van der Waals surface area contributed by atoms with Crippen molar-refractivity contribution in [2.24, 2.45) is 28.1 Å². The van der Waals surface area contributed by atoms with Gasteiger partial charge in [-0.2, -0.15) is 0 Å². The van der Waals surface area contributed by atoms with Crippen molar-refractivity contribution >= 4 is 0 Å². The fraction of sp³-hybridized carbons (Fsp3) is 0.900. The van der Waals surface area contributed by atoms with Crippen LogP contribution in [0.3, 0.4) is 0 Å². The van der Waals surface area contributed by atoms with E-state index in [1.807, 2.05) is 6.08 Å². The molecule has 0 aliphatic heterocycles. The van der Waals surface area contributed by atoms with Gasteiger partial charge in [0.15, 0.2) is 0 Å². The van der Waals surface area contributed by atoms with Crippen molar-refractivity contribution in [1.82, 2.24) is 0 Å². The summed E-state index contributed by atoms with van der Waals surface area (Å²) >= 11 is 0. The molecule has 0 spiro atoms. The van der Waals surface area contributed by atoms with E-state index < -0.39 is 23.2 Å². The summed E-state index contributed by atoms with van der Waals surface area (Å²) in [5, 5.41) is 33.4. The van der Waals surface area contributed by atoms with Gasteiger partial charge in [0, 0.05) is 11.3 Å². The maximum absolute atomic E-state index is 11.5. The molecule has 0 bridgehead atoms. The topological polar surface area (TPSA) is 60.7 Å². The van der Waals surface area contributed by atoms with Crippen molar-refractivity contribution in [2.75, 3.05) is 0 Å². The lowest BCUT2D eigenvalue weighted by Gasteiger charge is -2.66. The van der Waals surface area contributed by atoms with Gasteiger partial charge in [0.05, 0.1) is 17.8 Å². The lowest BCUT2D eigenvalue weighted by atomic mass is 9.40. The molecule has 0 aromatic rings. The van der Waals surface area contributed by atoms with Crippen molar-refractivity contribution in [3.63, 3.8) is 0 Å². The Kier molecular flexibility index (Phi) is 3.84. The summed E-state index contributed by atoms with van der Waals surface area (Å²) in [5.41, 5.74) is -1.41. The van der Waals surface area contributed by atoms with Gasteiger partial charge in [-0.25, -0.2) is 0 Å². The predicted molar refractivity (Wildman–Crippen MR) is 91.8 cm³/mol. The number of aliphatic hydroxyl groups excluding tert-OH is 2. The van der Waals surface area contributed by atoms with E-state index in [2.05, 4.69) is 34.3 Å². The normalized spacial score (nSPS) is 55.6. The summed E-state index contributed by atoms with van der Waals surface area (Å²) in [6.45, 7) is 12.7. The largest absolute Gasteiger partial charge is 0.393 e. The van der Waals surface area contributed by atoms with Gasteiger partial charge in [-0.1, -0.05) is 33.8 Å². The molecule has 7 atom stereocenters. The third-order valence-corrected chi connectivity index (χ3v) is 7.85. The van der Waals surface area contributed by atoms with Gasteiger partial charge in [0.2, 0.25) is 0 Å². The predicted octanol–water partition coefficient (Wildman–Crippen LogP) is 3.28. The molecule has 0 aromatic heterocycles. The van der Waals surface area contributed by atoms with Gasteiger partial charge in [-0.3, -0.25) is 0 Å². The summed E-state index contributed by atoms with van der Waals surface area (Å²) in [5.74, 6) is 0.0862. The SMILES string of the molecule is C=C[C@@]1(C)C[C@@H](O)[C@H]2[C@@](O)(CC[C@@H]3C(C)(C)CC[C@H](O)[C@@]32C)C1. The second-order valence-corrected chi connectivity index (χ2v) is 9.89. The molecule has 23 heavy (non-hydrogen) atoms. The van der Waals surface area contributed by atoms with Crippen LogP contribution in [0.25, 0.3) is 0 Å². The van der Waals surface area contributed by atoms with Gasteiger partial charge in [0.1, 0.15) is 0 Å². The third-order valence-electron chi connectivity index (χ3n) is 7.85. The van der Waals surface area contributed by atoms with E-state index in [0.29, 0.717) is 25.2 Å². The summed E-state index contributed by atoms with van der Waals surface area (Å²) < 4.78 is 0. The van der Waals surface area contributed by atoms with E-state index in [4.69, 9.17) is 0 Å². The maximum atomic E-state index is 11.5. The van der Waals surface area contributed by atoms with Crippen LogP contribution in [-0.2, 0) is 0 Å². The van der Waals surface area contributed by atoms with Crippen LogP contribution in [-0.4, -0.2) is 33.1 Å². The summed E-state index contributed by atoms with van der Waals surface area (Å²) in [7, 11) is 0. The van der Waals surface area contributed by atoms with E-state index in [0.717, 1.165) is 19.3 Å². The standard InChI is InChI=1S/C20H34O3/c1-6-18(4)11-13(21)16-19(5)14(7-10-20(16,23)12-18)17(2,3)9-8-15(19)22/h6,13-16,21-23H,1,7-12H2,2-5H3/t13-,14-,15+,16-,18+,19-,20-/m1/s1. The van der Waals surface area contributed by atoms with Gasteiger partial charge < -0.3 is 15.3 Å². The number of rotatable bonds is 1. The highest BCUT2D eigenvalue weighted by molar-refractivity contribution is 5.18. The zero-order valence-electron chi connectivity index (χ0n) is 15.2. The zero-order valence-corrected chi connectivity index (χ0v) is 15.2. The highest BCUT2D eigenvalue weighted by Crippen LogP contribution is 2.66. The molecular formula is C20H34O3. The van der Waals surface area contributed by atoms with Crippen molar-refractivity contribution in [2.45, 2.75) is 84.0 Å². The quantitative estimate of drug-likeness (QED) is 0.649. The maximum Gasteiger partial charge on any atom is 0.0715 e. The van der Waals surface area contributed by atoms with Crippen molar-refractivity contribution in [3.8, 4) is 0 Å². The molecule has 0 aromatic carbocycles. The monoisotopic (exact) mass is 322 g/mol. The van der Waals surface area contributed by atoms with Crippen LogP contribution < -0.4 is 0 Å². The van der Waals surface area contributed by atoms with Gasteiger partial charge in [0.25, 0.3) is 0 Å². The first kappa shape index (κ1) is 17.4. The van der Waals surface area contributed by atoms with E-state index in [1.54, 1.807) is 0 Å². The molecule has 3 aliphatic carbocycles. The first-order valence-corrected chi connectivity index (χ1v) is 9.21. The van der Waals surface area contributed by atoms with E-state index in [1.165, 1.54) is 0 Å². The molecule has 0 radical (unpaired) electrons. The van der Waals surface area contributed by atoms with Gasteiger partial charge in [-0.15, -0.1) is 6.58 Å². The van der Waals surface area contributed by atoms with E-state index in [9.17, 15) is 15.3 Å². The first-order valence-electron chi connectivity index (χ1n) is 9.21. The number of hydrogen-bond donors (Lipinski definition) is 3. The second kappa shape index (κ2) is 5.06. The Morgan fingerprint density at radius 1 is 1.04 bits per heavy atom. The molecular weight excluding hydrogens is 288 g/mol. The molecule has 3 nitrogen and oxygen atoms in total. The van der Waals surface area contributed by atoms with Crippen LogP contribution in [0.15, 0.2) is 12.7 Å². The highest BCUT2D eigenvalue weighted by Gasteiger charge is 2.66. The van der Waals surface area contributed by atoms with E-state index in [-0.39, 0.29) is 16.7 Å². The fourth-order valence-corrected chi connectivity index (χ4v) is 6.82.